The molecule has 0 bridgehead atoms. The van der Waals surface area contributed by atoms with Crippen LogP contribution in [0.1, 0.15) is 39.9 Å². The zero-order valence-corrected chi connectivity index (χ0v) is 10.9. The van der Waals surface area contributed by atoms with Gasteiger partial charge in [-0.05, 0) is 53.5 Å². The Bertz CT molecular complexity index is 682. The fraction of sp³-hybridized carbons (Fsp3) is 0.278. The first-order valence-electron chi connectivity index (χ1n) is 7.11. The van der Waals surface area contributed by atoms with Crippen LogP contribution in [0.25, 0.3) is 11.1 Å². The number of benzene rings is 2. The Balaban J connectivity index is 1.98. The lowest BCUT2D eigenvalue weighted by Gasteiger charge is -2.26. The highest BCUT2D eigenvalue weighted by Crippen LogP contribution is 2.38. The lowest BCUT2D eigenvalue weighted by Crippen LogP contribution is -2.16. The third-order valence-electron chi connectivity index (χ3n) is 4.51. The molecule has 2 aliphatic carbocycles. The van der Waals surface area contributed by atoms with Gasteiger partial charge in [-0.3, -0.25) is 4.79 Å². The molecule has 1 heteroatoms. The summed E-state index contributed by atoms with van der Waals surface area (Å²) in [5.74, 6) is 0.336. The summed E-state index contributed by atoms with van der Waals surface area (Å²) in [6.45, 7) is 0. The zero-order valence-electron chi connectivity index (χ0n) is 10.9. The van der Waals surface area contributed by atoms with Gasteiger partial charge >= 0.3 is 0 Å². The molecule has 0 spiro atoms. The largest absolute Gasteiger partial charge is 0.294 e. The standard InChI is InChI=1S/C18H16O/c19-18-7-3-6-14-16-9-8-12-4-1-2-5-13(12)15(16)10-11-17(14)18/h1-2,4-5,10-11H,3,6-9H2. The summed E-state index contributed by atoms with van der Waals surface area (Å²) in [6.07, 6.45) is 5.01. The number of Topliss-reactive ketones (excluding diaryl/α,β-unsaturated/α-hetero) is 1. The summed E-state index contributed by atoms with van der Waals surface area (Å²) >= 11 is 0. The van der Waals surface area contributed by atoms with Crippen molar-refractivity contribution in [3.63, 3.8) is 0 Å². The predicted molar refractivity (Wildman–Crippen MR) is 76.6 cm³/mol. The average Bonchev–Trinajstić information content (AvgIpc) is 2.47. The van der Waals surface area contributed by atoms with E-state index in [0.29, 0.717) is 5.78 Å². The van der Waals surface area contributed by atoms with E-state index in [4.69, 9.17) is 0 Å². The van der Waals surface area contributed by atoms with Gasteiger partial charge in [0.25, 0.3) is 0 Å². The molecule has 0 radical (unpaired) electrons. The van der Waals surface area contributed by atoms with E-state index in [9.17, 15) is 4.79 Å². The van der Waals surface area contributed by atoms with Crippen LogP contribution in [0.15, 0.2) is 36.4 Å². The highest BCUT2D eigenvalue weighted by molar-refractivity contribution is 5.99. The molecule has 0 unspecified atom stereocenters. The monoisotopic (exact) mass is 248 g/mol. The van der Waals surface area contributed by atoms with Crippen LogP contribution >= 0.6 is 0 Å². The maximum Gasteiger partial charge on any atom is 0.163 e. The van der Waals surface area contributed by atoms with Gasteiger partial charge in [0.1, 0.15) is 0 Å². The van der Waals surface area contributed by atoms with Gasteiger partial charge in [0.2, 0.25) is 0 Å². The van der Waals surface area contributed by atoms with Crippen molar-refractivity contribution >= 4 is 5.78 Å². The van der Waals surface area contributed by atoms with Crippen molar-refractivity contribution in [3.05, 3.63) is 58.7 Å². The van der Waals surface area contributed by atoms with Crippen molar-refractivity contribution < 1.29 is 4.79 Å². The molecule has 0 saturated heterocycles. The van der Waals surface area contributed by atoms with E-state index in [0.717, 1.165) is 37.7 Å². The van der Waals surface area contributed by atoms with Crippen LogP contribution in [0, 0.1) is 0 Å². The lowest BCUT2D eigenvalue weighted by molar-refractivity contribution is 0.0972. The maximum atomic E-state index is 12.0. The summed E-state index contributed by atoms with van der Waals surface area (Å²) in [4.78, 5) is 12.0. The van der Waals surface area contributed by atoms with E-state index in [1.54, 1.807) is 0 Å². The fourth-order valence-electron chi connectivity index (χ4n) is 3.60. The molecule has 0 atom stereocenters. The number of ketones is 1. The lowest BCUT2D eigenvalue weighted by atomic mass is 9.78. The Hall–Kier alpha value is -1.89. The molecule has 1 nitrogen and oxygen atoms in total. The van der Waals surface area contributed by atoms with Gasteiger partial charge in [-0.25, -0.2) is 0 Å². The van der Waals surface area contributed by atoms with Gasteiger partial charge in [-0.2, -0.15) is 0 Å². The van der Waals surface area contributed by atoms with E-state index >= 15 is 0 Å². The van der Waals surface area contributed by atoms with Gasteiger partial charge in [0.15, 0.2) is 5.78 Å². The van der Waals surface area contributed by atoms with Gasteiger partial charge in [0.05, 0.1) is 0 Å². The molecule has 2 aliphatic rings. The summed E-state index contributed by atoms with van der Waals surface area (Å²) < 4.78 is 0. The molecule has 0 fully saturated rings. The van der Waals surface area contributed by atoms with E-state index < -0.39 is 0 Å². The summed E-state index contributed by atoms with van der Waals surface area (Å²) in [7, 11) is 0. The predicted octanol–water partition coefficient (Wildman–Crippen LogP) is 3.97. The molecule has 4 rings (SSSR count). The Labute approximate surface area is 113 Å². The first-order chi connectivity index (χ1) is 9.34. The molecule has 0 aromatic heterocycles. The quantitative estimate of drug-likeness (QED) is 0.689. The average molecular weight is 248 g/mol. The van der Waals surface area contributed by atoms with E-state index in [1.807, 2.05) is 0 Å². The highest BCUT2D eigenvalue weighted by atomic mass is 16.1. The van der Waals surface area contributed by atoms with Crippen molar-refractivity contribution in [2.75, 3.05) is 0 Å². The topological polar surface area (TPSA) is 17.1 Å². The molecule has 19 heavy (non-hydrogen) atoms. The van der Waals surface area contributed by atoms with E-state index in [2.05, 4.69) is 36.4 Å². The molecule has 0 aliphatic heterocycles. The Kier molecular flexibility index (Phi) is 2.34. The van der Waals surface area contributed by atoms with Crippen molar-refractivity contribution in [1.82, 2.24) is 0 Å². The van der Waals surface area contributed by atoms with Gasteiger partial charge < -0.3 is 0 Å². The molecule has 2 aromatic rings. The Morgan fingerprint density at radius 3 is 2.42 bits per heavy atom. The van der Waals surface area contributed by atoms with Crippen LogP contribution in [0.2, 0.25) is 0 Å². The number of hydrogen-bond acceptors (Lipinski definition) is 1. The number of hydrogen-bond donors (Lipinski definition) is 0. The smallest absolute Gasteiger partial charge is 0.163 e. The van der Waals surface area contributed by atoms with Crippen LogP contribution in [0.3, 0.4) is 0 Å². The van der Waals surface area contributed by atoms with E-state index in [1.165, 1.54) is 27.8 Å². The fourth-order valence-corrected chi connectivity index (χ4v) is 3.60. The Morgan fingerprint density at radius 2 is 1.47 bits per heavy atom. The second-order valence-electron chi connectivity index (χ2n) is 5.55. The molecule has 94 valence electrons. The number of carbonyl (C=O) groups excluding carboxylic acids is 1. The molecule has 0 saturated carbocycles. The number of carbonyl (C=O) groups is 1. The van der Waals surface area contributed by atoms with Crippen LogP contribution in [-0.2, 0) is 19.3 Å². The third-order valence-corrected chi connectivity index (χ3v) is 4.51. The molecule has 0 amide bonds. The minimum Gasteiger partial charge on any atom is -0.294 e. The van der Waals surface area contributed by atoms with Gasteiger partial charge in [-0.1, -0.05) is 36.4 Å². The number of rotatable bonds is 0. The zero-order chi connectivity index (χ0) is 12.8. The number of aryl methyl sites for hydroxylation is 1. The highest BCUT2D eigenvalue weighted by Gasteiger charge is 2.24. The summed E-state index contributed by atoms with van der Waals surface area (Å²) in [5.41, 5.74) is 7.92. The minimum absolute atomic E-state index is 0.336. The maximum absolute atomic E-state index is 12.0. The minimum atomic E-state index is 0.336. The first-order valence-corrected chi connectivity index (χ1v) is 7.11. The van der Waals surface area contributed by atoms with Crippen molar-refractivity contribution in [3.8, 4) is 11.1 Å². The number of fused-ring (bicyclic) bond motifs is 5. The summed E-state index contributed by atoms with van der Waals surface area (Å²) in [5, 5.41) is 0. The second-order valence-corrected chi connectivity index (χ2v) is 5.55. The normalized spacial score (nSPS) is 16.5. The summed E-state index contributed by atoms with van der Waals surface area (Å²) in [6, 6.07) is 12.9. The van der Waals surface area contributed by atoms with Crippen molar-refractivity contribution in [2.45, 2.75) is 32.1 Å². The molecular weight excluding hydrogens is 232 g/mol. The molecular formula is C18H16O. The van der Waals surface area contributed by atoms with Crippen molar-refractivity contribution in [2.24, 2.45) is 0 Å². The van der Waals surface area contributed by atoms with Gasteiger partial charge in [0, 0.05) is 12.0 Å². The van der Waals surface area contributed by atoms with Crippen molar-refractivity contribution in [1.29, 1.82) is 0 Å². The molecule has 0 heterocycles. The van der Waals surface area contributed by atoms with Crippen LogP contribution in [0.5, 0.6) is 0 Å². The van der Waals surface area contributed by atoms with E-state index in [-0.39, 0.29) is 0 Å². The molecule has 0 N–H and O–H groups in total. The second kappa shape index (κ2) is 4.06. The first kappa shape index (κ1) is 11.0. The van der Waals surface area contributed by atoms with Gasteiger partial charge in [-0.15, -0.1) is 0 Å². The van der Waals surface area contributed by atoms with Crippen LogP contribution < -0.4 is 0 Å². The van der Waals surface area contributed by atoms with Crippen LogP contribution in [0.4, 0.5) is 0 Å². The SMILES string of the molecule is O=C1CCCc2c1ccc1c2CCc2ccccc2-1. The van der Waals surface area contributed by atoms with Crippen LogP contribution in [-0.4, -0.2) is 5.78 Å². The molecule has 2 aromatic carbocycles. The third kappa shape index (κ3) is 1.58. The Morgan fingerprint density at radius 1 is 0.684 bits per heavy atom.